The minimum Gasteiger partial charge on any atom is -0.370 e. The first kappa shape index (κ1) is 16.2. The van der Waals surface area contributed by atoms with E-state index in [1.165, 1.54) is 12.1 Å². The first-order chi connectivity index (χ1) is 10.6. The average Bonchev–Trinajstić information content (AvgIpc) is 2.49. The Kier molecular flexibility index (Phi) is 6.09. The predicted molar refractivity (Wildman–Crippen MR) is 87.7 cm³/mol. The second kappa shape index (κ2) is 8.29. The lowest BCUT2D eigenvalue weighted by Crippen LogP contribution is -2.21. The Morgan fingerprint density at radius 2 is 1.82 bits per heavy atom. The van der Waals surface area contributed by atoms with Crippen LogP contribution in [0.15, 0.2) is 36.5 Å². The van der Waals surface area contributed by atoms with Gasteiger partial charge in [-0.1, -0.05) is 12.1 Å². The second-order valence-corrected chi connectivity index (χ2v) is 5.30. The topological polar surface area (TPSA) is 53.1 Å². The average molecular weight is 303 g/mol. The van der Waals surface area contributed by atoms with Gasteiger partial charge in [0.15, 0.2) is 0 Å². The minimum atomic E-state index is -0.207. The van der Waals surface area contributed by atoms with Gasteiger partial charge in [0, 0.05) is 25.8 Å². The van der Waals surface area contributed by atoms with Crippen LogP contribution in [0.3, 0.4) is 0 Å². The van der Waals surface area contributed by atoms with Crippen molar-refractivity contribution < 1.29 is 4.39 Å². The van der Waals surface area contributed by atoms with Crippen molar-refractivity contribution in [2.45, 2.75) is 6.42 Å². The summed E-state index contributed by atoms with van der Waals surface area (Å²) in [6.07, 6.45) is 2.54. The second-order valence-electron chi connectivity index (χ2n) is 5.30. The maximum Gasteiger partial charge on any atom is 0.224 e. The molecule has 0 spiro atoms. The summed E-state index contributed by atoms with van der Waals surface area (Å²) < 4.78 is 12.8. The van der Waals surface area contributed by atoms with Crippen molar-refractivity contribution in [1.29, 1.82) is 0 Å². The molecule has 2 rings (SSSR count). The van der Waals surface area contributed by atoms with E-state index in [-0.39, 0.29) is 5.82 Å². The van der Waals surface area contributed by atoms with E-state index in [9.17, 15) is 4.39 Å². The van der Waals surface area contributed by atoms with Crippen LogP contribution in [-0.2, 0) is 6.42 Å². The van der Waals surface area contributed by atoms with Crippen LogP contribution in [0.2, 0.25) is 0 Å². The van der Waals surface area contributed by atoms with Gasteiger partial charge in [-0.25, -0.2) is 9.37 Å². The molecule has 0 aliphatic heterocycles. The molecule has 5 nitrogen and oxygen atoms in total. The number of hydrogen-bond donors (Lipinski definition) is 2. The Hall–Kier alpha value is -2.21. The zero-order chi connectivity index (χ0) is 15.8. The van der Waals surface area contributed by atoms with Gasteiger partial charge < -0.3 is 15.5 Å². The van der Waals surface area contributed by atoms with E-state index >= 15 is 0 Å². The number of likely N-dealkylation sites (N-methyl/N-ethyl adjacent to an activating group) is 1. The molecule has 118 valence electrons. The molecule has 0 amide bonds. The van der Waals surface area contributed by atoms with E-state index in [1.54, 1.807) is 18.3 Å². The quantitative estimate of drug-likeness (QED) is 0.783. The molecule has 2 aromatic rings. The van der Waals surface area contributed by atoms with Crippen molar-refractivity contribution in [3.63, 3.8) is 0 Å². The van der Waals surface area contributed by atoms with Gasteiger partial charge in [-0.3, -0.25) is 0 Å². The molecule has 6 heteroatoms. The number of nitrogens with one attached hydrogen (secondary N) is 2. The lowest BCUT2D eigenvalue weighted by atomic mass is 10.1. The summed E-state index contributed by atoms with van der Waals surface area (Å²) in [7, 11) is 4.05. The standard InChI is InChI=1S/C16H22FN5/c1-22(2)12-11-20-16-19-10-8-15(21-16)18-9-7-13-3-5-14(17)6-4-13/h3-6,8,10H,7,9,11-12H2,1-2H3,(H2,18,19,20,21). The van der Waals surface area contributed by atoms with Gasteiger partial charge in [-0.05, 0) is 44.3 Å². The molecule has 0 fully saturated rings. The summed E-state index contributed by atoms with van der Waals surface area (Å²) >= 11 is 0. The zero-order valence-electron chi connectivity index (χ0n) is 13.0. The third-order valence-corrected chi connectivity index (χ3v) is 3.13. The summed E-state index contributed by atoms with van der Waals surface area (Å²) in [6.45, 7) is 2.46. The summed E-state index contributed by atoms with van der Waals surface area (Å²) in [5.74, 6) is 1.19. The largest absolute Gasteiger partial charge is 0.370 e. The van der Waals surface area contributed by atoms with E-state index in [0.29, 0.717) is 5.95 Å². The molecule has 0 aliphatic carbocycles. The molecule has 1 aromatic heterocycles. The lowest BCUT2D eigenvalue weighted by molar-refractivity contribution is 0.425. The molecule has 1 heterocycles. The van der Waals surface area contributed by atoms with Crippen LogP contribution in [0.5, 0.6) is 0 Å². The number of halogens is 1. The molecular weight excluding hydrogens is 281 g/mol. The van der Waals surface area contributed by atoms with E-state index in [0.717, 1.165) is 37.4 Å². The molecule has 2 N–H and O–H groups in total. The highest BCUT2D eigenvalue weighted by Gasteiger charge is 2.00. The molecule has 0 unspecified atom stereocenters. The summed E-state index contributed by atoms with van der Waals surface area (Å²) in [4.78, 5) is 10.7. The van der Waals surface area contributed by atoms with Crippen molar-refractivity contribution in [3.05, 3.63) is 47.9 Å². The van der Waals surface area contributed by atoms with Crippen LogP contribution in [0.4, 0.5) is 16.2 Å². The zero-order valence-corrected chi connectivity index (χ0v) is 13.0. The Balaban J connectivity index is 1.78. The van der Waals surface area contributed by atoms with Crippen molar-refractivity contribution in [1.82, 2.24) is 14.9 Å². The van der Waals surface area contributed by atoms with Crippen LogP contribution in [0, 0.1) is 5.82 Å². The third kappa shape index (κ3) is 5.65. The van der Waals surface area contributed by atoms with Gasteiger partial charge in [0.05, 0.1) is 0 Å². The molecular formula is C16H22FN5. The van der Waals surface area contributed by atoms with Crippen LogP contribution in [-0.4, -0.2) is 48.6 Å². The fourth-order valence-corrected chi connectivity index (χ4v) is 1.92. The number of aromatic nitrogens is 2. The molecule has 0 bridgehead atoms. The first-order valence-corrected chi connectivity index (χ1v) is 7.33. The Morgan fingerprint density at radius 3 is 2.55 bits per heavy atom. The van der Waals surface area contributed by atoms with E-state index in [1.807, 2.05) is 20.2 Å². The van der Waals surface area contributed by atoms with Crippen LogP contribution < -0.4 is 10.6 Å². The van der Waals surface area contributed by atoms with Crippen molar-refractivity contribution in [3.8, 4) is 0 Å². The highest BCUT2D eigenvalue weighted by atomic mass is 19.1. The monoisotopic (exact) mass is 303 g/mol. The summed E-state index contributed by atoms with van der Waals surface area (Å²) in [6, 6.07) is 8.39. The fraction of sp³-hybridized carbons (Fsp3) is 0.375. The van der Waals surface area contributed by atoms with Crippen LogP contribution >= 0.6 is 0 Å². The Labute approximate surface area is 130 Å². The summed E-state index contributed by atoms with van der Waals surface area (Å²) in [5.41, 5.74) is 1.09. The Bertz CT molecular complexity index is 571. The van der Waals surface area contributed by atoms with Gasteiger partial charge in [0.1, 0.15) is 11.6 Å². The van der Waals surface area contributed by atoms with Crippen LogP contribution in [0.25, 0.3) is 0 Å². The van der Waals surface area contributed by atoms with Crippen LogP contribution in [0.1, 0.15) is 5.56 Å². The van der Waals surface area contributed by atoms with Gasteiger partial charge in [-0.15, -0.1) is 0 Å². The molecule has 22 heavy (non-hydrogen) atoms. The SMILES string of the molecule is CN(C)CCNc1nccc(NCCc2ccc(F)cc2)n1. The molecule has 0 aliphatic rings. The lowest BCUT2D eigenvalue weighted by Gasteiger charge is -2.11. The highest BCUT2D eigenvalue weighted by Crippen LogP contribution is 2.07. The smallest absolute Gasteiger partial charge is 0.224 e. The van der Waals surface area contributed by atoms with Gasteiger partial charge in [0.2, 0.25) is 5.95 Å². The number of hydrogen-bond acceptors (Lipinski definition) is 5. The Morgan fingerprint density at radius 1 is 1.05 bits per heavy atom. The molecule has 0 saturated heterocycles. The molecule has 0 saturated carbocycles. The van der Waals surface area contributed by atoms with Crippen molar-refractivity contribution in [2.75, 3.05) is 44.4 Å². The van der Waals surface area contributed by atoms with E-state index < -0.39 is 0 Å². The van der Waals surface area contributed by atoms with E-state index in [4.69, 9.17) is 0 Å². The minimum absolute atomic E-state index is 0.207. The van der Waals surface area contributed by atoms with E-state index in [2.05, 4.69) is 25.5 Å². The third-order valence-electron chi connectivity index (χ3n) is 3.13. The maximum absolute atomic E-state index is 12.8. The molecule has 0 atom stereocenters. The van der Waals surface area contributed by atoms with Gasteiger partial charge in [-0.2, -0.15) is 4.98 Å². The number of rotatable bonds is 8. The van der Waals surface area contributed by atoms with Crippen molar-refractivity contribution in [2.24, 2.45) is 0 Å². The predicted octanol–water partition coefficient (Wildman–Crippen LogP) is 2.24. The normalized spacial score (nSPS) is 10.7. The van der Waals surface area contributed by atoms with Gasteiger partial charge >= 0.3 is 0 Å². The highest BCUT2D eigenvalue weighted by molar-refractivity contribution is 5.39. The number of anilines is 2. The summed E-state index contributed by atoms with van der Waals surface area (Å²) in [5, 5.41) is 6.44. The molecule has 1 aromatic carbocycles. The fourth-order valence-electron chi connectivity index (χ4n) is 1.92. The van der Waals surface area contributed by atoms with Crippen molar-refractivity contribution >= 4 is 11.8 Å². The number of nitrogens with zero attached hydrogens (tertiary/aromatic N) is 3. The van der Waals surface area contributed by atoms with Gasteiger partial charge in [0.25, 0.3) is 0 Å². The number of benzene rings is 1. The first-order valence-electron chi connectivity index (χ1n) is 7.33. The molecule has 0 radical (unpaired) electrons. The maximum atomic E-state index is 12.8.